The Morgan fingerprint density at radius 1 is 0.889 bits per heavy atom. The van der Waals surface area contributed by atoms with Gasteiger partial charge in [0.25, 0.3) is 0 Å². The van der Waals surface area contributed by atoms with E-state index in [2.05, 4.69) is 20.9 Å². The molecule has 0 spiro atoms. The highest BCUT2D eigenvalue weighted by Gasteiger charge is 2.06. The number of anilines is 1. The summed E-state index contributed by atoms with van der Waals surface area (Å²) < 4.78 is 1.01. The first-order valence-corrected chi connectivity index (χ1v) is 6.45. The van der Waals surface area contributed by atoms with Gasteiger partial charge in [0.05, 0.1) is 16.9 Å². The van der Waals surface area contributed by atoms with Crippen LogP contribution in [0.4, 0.5) is 5.69 Å². The van der Waals surface area contributed by atoms with Crippen LogP contribution in [0.3, 0.4) is 0 Å². The summed E-state index contributed by atoms with van der Waals surface area (Å²) in [6.45, 7) is 0. The molecular formula is C15H11BrN2. The number of rotatable bonds is 1. The fourth-order valence-electron chi connectivity index (χ4n) is 1.97. The lowest BCUT2D eigenvalue weighted by Crippen LogP contribution is -1.92. The standard InChI is InChI=1S/C15H11BrN2/c16-12-7-8-13(17)15-11(12)6-9-14(18-15)10-4-2-1-3-5-10/h1-9H,17H2. The summed E-state index contributed by atoms with van der Waals surface area (Å²) >= 11 is 3.52. The Hall–Kier alpha value is -1.87. The first-order chi connectivity index (χ1) is 8.75. The zero-order valence-electron chi connectivity index (χ0n) is 9.60. The lowest BCUT2D eigenvalue weighted by Gasteiger charge is -2.06. The molecule has 0 radical (unpaired) electrons. The summed E-state index contributed by atoms with van der Waals surface area (Å²) in [5.74, 6) is 0. The van der Waals surface area contributed by atoms with Crippen molar-refractivity contribution in [2.24, 2.45) is 0 Å². The van der Waals surface area contributed by atoms with Crippen LogP contribution in [0.25, 0.3) is 22.2 Å². The lowest BCUT2D eigenvalue weighted by atomic mass is 10.1. The number of benzene rings is 2. The lowest BCUT2D eigenvalue weighted by molar-refractivity contribution is 1.40. The Balaban J connectivity index is 2.26. The van der Waals surface area contributed by atoms with E-state index in [9.17, 15) is 0 Å². The number of pyridine rings is 1. The van der Waals surface area contributed by atoms with Crippen molar-refractivity contribution in [1.29, 1.82) is 0 Å². The van der Waals surface area contributed by atoms with E-state index in [1.165, 1.54) is 0 Å². The molecule has 2 N–H and O–H groups in total. The van der Waals surface area contributed by atoms with Gasteiger partial charge in [0.1, 0.15) is 0 Å². The maximum Gasteiger partial charge on any atom is 0.0950 e. The van der Waals surface area contributed by atoms with Gasteiger partial charge in [-0.05, 0) is 24.3 Å². The maximum absolute atomic E-state index is 5.99. The number of hydrogen-bond donors (Lipinski definition) is 1. The van der Waals surface area contributed by atoms with Gasteiger partial charge in [-0.25, -0.2) is 4.98 Å². The molecule has 3 aromatic rings. The number of nitrogen functional groups attached to an aromatic ring is 1. The molecule has 0 aliphatic heterocycles. The molecule has 1 heterocycles. The van der Waals surface area contributed by atoms with Gasteiger partial charge in [-0.1, -0.05) is 46.3 Å². The molecule has 2 aromatic carbocycles. The number of aromatic nitrogens is 1. The van der Waals surface area contributed by atoms with E-state index in [0.29, 0.717) is 5.69 Å². The van der Waals surface area contributed by atoms with Crippen LogP contribution in [-0.4, -0.2) is 4.98 Å². The molecule has 88 valence electrons. The van der Waals surface area contributed by atoms with E-state index in [0.717, 1.165) is 26.6 Å². The largest absolute Gasteiger partial charge is 0.397 e. The zero-order chi connectivity index (χ0) is 12.5. The highest BCUT2D eigenvalue weighted by Crippen LogP contribution is 2.29. The van der Waals surface area contributed by atoms with Crippen LogP contribution < -0.4 is 5.73 Å². The van der Waals surface area contributed by atoms with E-state index >= 15 is 0 Å². The minimum Gasteiger partial charge on any atom is -0.397 e. The summed E-state index contributed by atoms with van der Waals surface area (Å²) in [6.07, 6.45) is 0. The molecule has 18 heavy (non-hydrogen) atoms. The first-order valence-electron chi connectivity index (χ1n) is 5.66. The third-order valence-corrected chi connectivity index (χ3v) is 3.60. The second kappa shape index (κ2) is 4.42. The van der Waals surface area contributed by atoms with Gasteiger partial charge in [0.15, 0.2) is 0 Å². The average molecular weight is 299 g/mol. The van der Waals surface area contributed by atoms with Gasteiger partial charge in [0.2, 0.25) is 0 Å². The van der Waals surface area contributed by atoms with E-state index < -0.39 is 0 Å². The summed E-state index contributed by atoms with van der Waals surface area (Å²) in [5.41, 5.74) is 9.56. The van der Waals surface area contributed by atoms with E-state index in [-0.39, 0.29) is 0 Å². The second-order valence-electron chi connectivity index (χ2n) is 4.10. The number of halogens is 1. The van der Waals surface area contributed by atoms with E-state index in [4.69, 9.17) is 5.73 Å². The van der Waals surface area contributed by atoms with Crippen LogP contribution in [0.5, 0.6) is 0 Å². The van der Waals surface area contributed by atoms with Crippen LogP contribution in [0, 0.1) is 0 Å². The molecule has 0 amide bonds. The monoisotopic (exact) mass is 298 g/mol. The van der Waals surface area contributed by atoms with Crippen molar-refractivity contribution in [3.05, 3.63) is 59.1 Å². The van der Waals surface area contributed by atoms with Crippen LogP contribution in [0.1, 0.15) is 0 Å². The molecule has 0 unspecified atom stereocenters. The van der Waals surface area contributed by atoms with Gasteiger partial charge in [-0.3, -0.25) is 0 Å². The SMILES string of the molecule is Nc1ccc(Br)c2ccc(-c3ccccc3)nc12. The van der Waals surface area contributed by atoms with Crippen molar-refractivity contribution >= 4 is 32.5 Å². The number of nitrogens with zero attached hydrogens (tertiary/aromatic N) is 1. The van der Waals surface area contributed by atoms with Gasteiger partial charge < -0.3 is 5.73 Å². The summed E-state index contributed by atoms with van der Waals surface area (Å²) in [7, 11) is 0. The average Bonchev–Trinajstić information content (AvgIpc) is 2.44. The molecule has 3 heteroatoms. The Bertz CT molecular complexity index is 708. The van der Waals surface area contributed by atoms with Crippen molar-refractivity contribution in [1.82, 2.24) is 4.98 Å². The van der Waals surface area contributed by atoms with Crippen molar-refractivity contribution < 1.29 is 0 Å². The number of nitrogens with two attached hydrogens (primary N) is 1. The zero-order valence-corrected chi connectivity index (χ0v) is 11.2. The van der Waals surface area contributed by atoms with Crippen LogP contribution >= 0.6 is 15.9 Å². The Morgan fingerprint density at radius 3 is 2.44 bits per heavy atom. The van der Waals surface area contributed by atoms with Crippen molar-refractivity contribution in [3.63, 3.8) is 0 Å². The molecule has 0 saturated carbocycles. The molecular weight excluding hydrogens is 288 g/mol. The molecule has 2 nitrogen and oxygen atoms in total. The highest BCUT2D eigenvalue weighted by atomic mass is 79.9. The van der Waals surface area contributed by atoms with Crippen molar-refractivity contribution in [3.8, 4) is 11.3 Å². The molecule has 0 atom stereocenters. The number of hydrogen-bond acceptors (Lipinski definition) is 2. The van der Waals surface area contributed by atoms with Crippen LogP contribution in [-0.2, 0) is 0 Å². The third-order valence-electron chi connectivity index (χ3n) is 2.90. The molecule has 3 rings (SSSR count). The molecule has 0 bridgehead atoms. The van der Waals surface area contributed by atoms with Crippen LogP contribution in [0.15, 0.2) is 59.1 Å². The minimum absolute atomic E-state index is 0.700. The minimum atomic E-state index is 0.700. The van der Waals surface area contributed by atoms with Crippen LogP contribution in [0.2, 0.25) is 0 Å². The third kappa shape index (κ3) is 1.87. The topological polar surface area (TPSA) is 38.9 Å². The fraction of sp³-hybridized carbons (Fsp3) is 0. The normalized spacial score (nSPS) is 10.7. The predicted octanol–water partition coefficient (Wildman–Crippen LogP) is 4.25. The second-order valence-corrected chi connectivity index (χ2v) is 4.95. The van der Waals surface area contributed by atoms with Gasteiger partial charge in [-0.15, -0.1) is 0 Å². The Kier molecular flexibility index (Phi) is 2.76. The summed E-state index contributed by atoms with van der Waals surface area (Å²) in [4.78, 5) is 4.65. The molecule has 0 saturated heterocycles. The molecule has 0 aliphatic carbocycles. The van der Waals surface area contributed by atoms with Gasteiger partial charge >= 0.3 is 0 Å². The smallest absolute Gasteiger partial charge is 0.0950 e. The highest BCUT2D eigenvalue weighted by molar-refractivity contribution is 9.10. The number of fused-ring (bicyclic) bond motifs is 1. The maximum atomic E-state index is 5.99. The Morgan fingerprint density at radius 2 is 1.67 bits per heavy atom. The molecule has 0 fully saturated rings. The van der Waals surface area contributed by atoms with E-state index in [1.807, 2.05) is 54.6 Å². The van der Waals surface area contributed by atoms with Gasteiger partial charge in [0, 0.05) is 15.4 Å². The van der Waals surface area contributed by atoms with E-state index in [1.54, 1.807) is 0 Å². The van der Waals surface area contributed by atoms with Crippen molar-refractivity contribution in [2.75, 3.05) is 5.73 Å². The fourth-order valence-corrected chi connectivity index (χ4v) is 2.43. The molecule has 1 aromatic heterocycles. The summed E-state index contributed by atoms with van der Waals surface area (Å²) in [5, 5.41) is 1.04. The first kappa shape index (κ1) is 11.2. The van der Waals surface area contributed by atoms with Gasteiger partial charge in [-0.2, -0.15) is 0 Å². The summed E-state index contributed by atoms with van der Waals surface area (Å²) in [6, 6.07) is 18.0. The Labute approximate surface area is 114 Å². The predicted molar refractivity (Wildman–Crippen MR) is 79.3 cm³/mol. The molecule has 0 aliphatic rings. The van der Waals surface area contributed by atoms with Crippen molar-refractivity contribution in [2.45, 2.75) is 0 Å². The quantitative estimate of drug-likeness (QED) is 0.682.